The molecule has 0 spiro atoms. The first-order valence-corrected chi connectivity index (χ1v) is 16.4. The second kappa shape index (κ2) is 12.8. The average molecular weight is 527 g/mol. The van der Waals surface area contributed by atoms with Gasteiger partial charge < -0.3 is 23.4 Å². The highest BCUT2D eigenvalue weighted by atomic mass is 28.4. The van der Waals surface area contributed by atoms with E-state index in [1.165, 1.54) is 0 Å². The Morgan fingerprint density at radius 3 is 2.14 bits per heavy atom. The Bertz CT molecular complexity index is 959. The molecule has 0 bridgehead atoms. The van der Waals surface area contributed by atoms with Crippen molar-refractivity contribution < 1.29 is 23.4 Å². The molecule has 0 radical (unpaired) electrons. The molecule has 0 N–H and O–H groups in total. The van der Waals surface area contributed by atoms with Crippen LogP contribution >= 0.6 is 0 Å². The molecule has 0 aliphatic carbocycles. The van der Waals surface area contributed by atoms with Gasteiger partial charge in [0.05, 0.1) is 31.5 Å². The van der Waals surface area contributed by atoms with Crippen molar-refractivity contribution in [1.82, 2.24) is 0 Å². The fourth-order valence-corrected chi connectivity index (χ4v) is 5.84. The van der Waals surface area contributed by atoms with Gasteiger partial charge >= 0.3 is 0 Å². The molecule has 2 aromatic rings. The fraction of sp³-hybridized carbons (Fsp3) is 0.581. The van der Waals surface area contributed by atoms with Crippen LogP contribution in [0.2, 0.25) is 18.1 Å². The van der Waals surface area contributed by atoms with E-state index in [1.54, 1.807) is 0 Å². The van der Waals surface area contributed by atoms with Crippen molar-refractivity contribution in [3.63, 3.8) is 0 Å². The van der Waals surface area contributed by atoms with Crippen molar-refractivity contribution in [2.75, 3.05) is 6.61 Å². The largest absolute Gasteiger partial charge is 0.410 e. The van der Waals surface area contributed by atoms with Crippen molar-refractivity contribution in [1.29, 1.82) is 0 Å². The van der Waals surface area contributed by atoms with Crippen LogP contribution in [0.1, 0.15) is 58.6 Å². The van der Waals surface area contributed by atoms with Gasteiger partial charge in [0.25, 0.3) is 0 Å². The Morgan fingerprint density at radius 1 is 1.03 bits per heavy atom. The third-order valence-corrected chi connectivity index (χ3v) is 12.5. The van der Waals surface area contributed by atoms with Gasteiger partial charge in [-0.1, -0.05) is 88.4 Å². The summed E-state index contributed by atoms with van der Waals surface area (Å²) in [5.41, 5.74) is 1.25. The van der Waals surface area contributed by atoms with Gasteiger partial charge in [0.15, 0.2) is 14.6 Å². The van der Waals surface area contributed by atoms with Crippen molar-refractivity contribution in [3.05, 3.63) is 71.8 Å². The number of hydrogen-bond donors (Lipinski definition) is 0. The average Bonchev–Trinajstić information content (AvgIpc) is 2.87. The zero-order chi connectivity index (χ0) is 27.1. The van der Waals surface area contributed by atoms with Gasteiger partial charge in [-0.15, -0.1) is 0 Å². The van der Waals surface area contributed by atoms with Crippen LogP contribution < -0.4 is 0 Å². The first-order chi connectivity index (χ1) is 17.4. The van der Waals surface area contributed by atoms with Crippen LogP contribution in [0.25, 0.3) is 0 Å². The van der Waals surface area contributed by atoms with Gasteiger partial charge in [0, 0.05) is 13.0 Å². The minimum atomic E-state index is -2.14. The maximum Gasteiger partial charge on any atom is 0.192 e. The monoisotopic (exact) mass is 526 g/mol. The summed E-state index contributed by atoms with van der Waals surface area (Å²) in [5, 5.41) is 0.0252. The number of carbonyl (C=O) groups is 1. The molecule has 1 aliphatic rings. The molecule has 0 unspecified atom stereocenters. The van der Waals surface area contributed by atoms with E-state index in [4.69, 9.17) is 18.6 Å². The van der Waals surface area contributed by atoms with E-state index >= 15 is 0 Å². The number of rotatable bonds is 12. The van der Waals surface area contributed by atoms with Crippen molar-refractivity contribution in [2.45, 2.75) is 103 Å². The van der Waals surface area contributed by atoms with E-state index < -0.39 is 13.9 Å². The van der Waals surface area contributed by atoms with Crippen LogP contribution in [-0.2, 0) is 36.6 Å². The quantitative estimate of drug-likeness (QED) is 0.170. The lowest BCUT2D eigenvalue weighted by Gasteiger charge is -2.50. The lowest BCUT2D eigenvalue weighted by atomic mass is 9.84. The van der Waals surface area contributed by atoms with Crippen molar-refractivity contribution in [3.8, 4) is 0 Å². The van der Waals surface area contributed by atoms with Crippen LogP contribution in [-0.4, -0.2) is 45.1 Å². The Morgan fingerprint density at radius 2 is 1.59 bits per heavy atom. The topological polar surface area (TPSA) is 54.0 Å². The third-order valence-electron chi connectivity index (χ3n) is 8.02. The number of aldehydes is 1. The van der Waals surface area contributed by atoms with Crippen LogP contribution in [0.5, 0.6) is 0 Å². The molecule has 0 aromatic heterocycles. The molecular formula is C31H46O5Si. The SMILES string of the molecule is C[C@@H](CCOCc1ccccc1)[C@@H]1O[C@](C)(C=O)[C@@H](O[Si](C)(C)C(C)(C)C)C[C@H]1OCc1ccccc1. The van der Waals surface area contributed by atoms with Gasteiger partial charge in [-0.3, -0.25) is 0 Å². The van der Waals surface area contributed by atoms with Crippen LogP contribution in [0.4, 0.5) is 0 Å². The van der Waals surface area contributed by atoms with Gasteiger partial charge in [0.2, 0.25) is 0 Å². The first-order valence-electron chi connectivity index (χ1n) is 13.5. The summed E-state index contributed by atoms with van der Waals surface area (Å²) in [5.74, 6) is 0.143. The Balaban J connectivity index is 1.73. The van der Waals surface area contributed by atoms with Gasteiger partial charge in [-0.05, 0) is 48.5 Å². The minimum absolute atomic E-state index is 0.0252. The summed E-state index contributed by atoms with van der Waals surface area (Å²) in [4.78, 5) is 12.4. The van der Waals surface area contributed by atoms with E-state index in [2.05, 4.69) is 65.1 Å². The predicted molar refractivity (Wildman–Crippen MR) is 151 cm³/mol. The molecule has 0 amide bonds. The van der Waals surface area contributed by atoms with E-state index in [9.17, 15) is 4.79 Å². The lowest BCUT2D eigenvalue weighted by molar-refractivity contribution is -0.229. The number of carbonyl (C=O) groups excluding carboxylic acids is 1. The summed E-state index contributed by atoms with van der Waals surface area (Å²) in [7, 11) is -2.14. The number of hydrogen-bond acceptors (Lipinski definition) is 5. The standard InChI is InChI=1S/C31H46O5Si/c1-24(18-19-33-21-25-14-10-8-11-15-25)29-27(34-22-26-16-12-9-13-17-26)20-28(31(5,23-32)35-29)36-37(6,7)30(2,3)4/h8-17,23-24,27-29H,18-22H2,1-7H3/t24-,27+,28-,29-,31+/m0/s1. The van der Waals surface area contributed by atoms with Crippen LogP contribution in [0.15, 0.2) is 60.7 Å². The second-order valence-corrected chi connectivity index (χ2v) is 16.9. The Kier molecular flexibility index (Phi) is 10.3. The maximum absolute atomic E-state index is 12.4. The molecule has 5 atom stereocenters. The van der Waals surface area contributed by atoms with E-state index in [0.29, 0.717) is 26.2 Å². The van der Waals surface area contributed by atoms with Crippen LogP contribution in [0, 0.1) is 5.92 Å². The van der Waals surface area contributed by atoms with Gasteiger partial charge in [-0.25, -0.2) is 0 Å². The summed E-state index contributed by atoms with van der Waals surface area (Å²) >= 11 is 0. The third kappa shape index (κ3) is 8.07. The second-order valence-electron chi connectivity index (χ2n) is 12.1. The first kappa shape index (κ1) is 29.7. The lowest BCUT2D eigenvalue weighted by Crippen LogP contribution is -2.61. The molecule has 5 nitrogen and oxygen atoms in total. The molecule has 1 fully saturated rings. The molecule has 6 heteroatoms. The summed E-state index contributed by atoms with van der Waals surface area (Å²) in [6.07, 6.45) is 1.58. The van der Waals surface area contributed by atoms with E-state index in [0.717, 1.165) is 23.8 Å². The van der Waals surface area contributed by atoms with E-state index in [-0.39, 0.29) is 29.3 Å². The maximum atomic E-state index is 12.4. The zero-order valence-electron chi connectivity index (χ0n) is 23.7. The molecule has 1 aliphatic heterocycles. The summed E-state index contributed by atoms with van der Waals surface area (Å²) < 4.78 is 25.9. The van der Waals surface area contributed by atoms with Crippen molar-refractivity contribution in [2.24, 2.45) is 5.92 Å². The minimum Gasteiger partial charge on any atom is -0.410 e. The number of ether oxygens (including phenoxy) is 3. The summed E-state index contributed by atoms with van der Waals surface area (Å²) in [6, 6.07) is 20.4. The number of benzene rings is 2. The Hall–Kier alpha value is -1.83. The molecule has 2 aromatic carbocycles. The Labute approximate surface area is 225 Å². The highest BCUT2D eigenvalue weighted by molar-refractivity contribution is 6.74. The molecule has 1 heterocycles. The predicted octanol–water partition coefficient (Wildman–Crippen LogP) is 6.95. The highest BCUT2D eigenvalue weighted by Gasteiger charge is 2.52. The van der Waals surface area contributed by atoms with Gasteiger partial charge in [-0.2, -0.15) is 0 Å². The van der Waals surface area contributed by atoms with E-state index in [1.807, 2.05) is 43.3 Å². The molecule has 1 saturated heterocycles. The van der Waals surface area contributed by atoms with Crippen molar-refractivity contribution >= 4 is 14.6 Å². The molecule has 37 heavy (non-hydrogen) atoms. The van der Waals surface area contributed by atoms with Crippen LogP contribution in [0.3, 0.4) is 0 Å². The zero-order valence-corrected chi connectivity index (χ0v) is 24.7. The normalized spacial score (nSPS) is 25.5. The summed E-state index contributed by atoms with van der Waals surface area (Å²) in [6.45, 7) is 16.8. The smallest absolute Gasteiger partial charge is 0.192 e. The molecular weight excluding hydrogens is 480 g/mol. The molecule has 204 valence electrons. The molecule has 3 rings (SSSR count). The fourth-order valence-electron chi connectivity index (χ4n) is 4.45. The molecule has 0 saturated carbocycles. The highest BCUT2D eigenvalue weighted by Crippen LogP contribution is 2.42. The van der Waals surface area contributed by atoms with Gasteiger partial charge in [0.1, 0.15) is 5.60 Å².